The van der Waals surface area contributed by atoms with Crippen LogP contribution in [0.1, 0.15) is 35.2 Å². The first kappa shape index (κ1) is 19.0. The average molecular weight is 385 g/mol. The molecular formula is C21H21ClN2O3. The summed E-state index contributed by atoms with van der Waals surface area (Å²) in [5, 5.41) is 0.655. The summed E-state index contributed by atoms with van der Waals surface area (Å²) in [4.78, 5) is 24.6. The average Bonchev–Trinajstić information content (AvgIpc) is 2.72. The van der Waals surface area contributed by atoms with Gasteiger partial charge in [0.2, 0.25) is 5.91 Å². The Labute approximate surface area is 163 Å². The molecule has 0 spiro atoms. The van der Waals surface area contributed by atoms with Gasteiger partial charge in [-0.05, 0) is 49.1 Å². The van der Waals surface area contributed by atoms with E-state index in [0.29, 0.717) is 29.4 Å². The fraction of sp³-hybridized carbons (Fsp3) is 0.238. The van der Waals surface area contributed by atoms with E-state index in [4.69, 9.17) is 16.3 Å². The van der Waals surface area contributed by atoms with Gasteiger partial charge in [-0.25, -0.2) is 0 Å². The third-order valence-electron chi connectivity index (χ3n) is 4.38. The van der Waals surface area contributed by atoms with Crippen LogP contribution in [0.3, 0.4) is 0 Å². The molecular weight excluding hydrogens is 364 g/mol. The highest BCUT2D eigenvalue weighted by atomic mass is 35.5. The molecule has 0 aromatic heterocycles. The Morgan fingerprint density at radius 2 is 1.81 bits per heavy atom. The highest BCUT2D eigenvalue weighted by Crippen LogP contribution is 2.20. The van der Waals surface area contributed by atoms with E-state index < -0.39 is 5.91 Å². The molecule has 1 unspecified atom stereocenters. The summed E-state index contributed by atoms with van der Waals surface area (Å²) in [6.45, 7) is 0.308. The summed E-state index contributed by atoms with van der Waals surface area (Å²) in [7, 11) is 0. The molecule has 2 N–H and O–H groups in total. The molecule has 3 rings (SSSR count). The summed E-state index contributed by atoms with van der Waals surface area (Å²) in [6, 6.07) is 14.2. The first-order valence-electron chi connectivity index (χ1n) is 8.85. The second kappa shape index (κ2) is 9.24. The van der Waals surface area contributed by atoms with Crippen LogP contribution in [0, 0.1) is 5.92 Å². The maximum atomic E-state index is 12.5. The standard InChI is InChI=1S/C21H21ClN2O3/c22-17-12-10-15(11-13-17)14-27-19-9-5-4-8-18(19)21(26)24-23-20(25)16-6-2-1-3-7-16/h1-2,4-5,8-13,16H,3,6-7,14H2,(H,23,25)(H,24,26). The van der Waals surface area contributed by atoms with Gasteiger partial charge in [-0.1, -0.05) is 48.0 Å². The molecule has 0 aliphatic heterocycles. The van der Waals surface area contributed by atoms with Gasteiger partial charge >= 0.3 is 0 Å². The summed E-state index contributed by atoms with van der Waals surface area (Å²) < 4.78 is 5.78. The zero-order chi connectivity index (χ0) is 19.1. The number of carbonyl (C=O) groups is 2. The van der Waals surface area contributed by atoms with Crippen LogP contribution in [0.5, 0.6) is 5.75 Å². The van der Waals surface area contributed by atoms with E-state index in [2.05, 4.69) is 16.9 Å². The van der Waals surface area contributed by atoms with E-state index in [1.165, 1.54) is 0 Å². The minimum Gasteiger partial charge on any atom is -0.488 e. The van der Waals surface area contributed by atoms with Crippen LogP contribution < -0.4 is 15.6 Å². The van der Waals surface area contributed by atoms with Gasteiger partial charge in [0.15, 0.2) is 0 Å². The minimum atomic E-state index is -0.415. The first-order chi connectivity index (χ1) is 13.1. The summed E-state index contributed by atoms with van der Waals surface area (Å²) in [6.07, 6.45) is 6.43. The molecule has 1 atom stereocenters. The number of carbonyl (C=O) groups excluding carboxylic acids is 2. The molecule has 140 valence electrons. The van der Waals surface area contributed by atoms with Gasteiger partial charge in [0.1, 0.15) is 12.4 Å². The van der Waals surface area contributed by atoms with Crippen molar-refractivity contribution in [1.82, 2.24) is 10.9 Å². The lowest BCUT2D eigenvalue weighted by molar-refractivity contribution is -0.126. The van der Waals surface area contributed by atoms with Crippen LogP contribution in [0.2, 0.25) is 5.02 Å². The molecule has 5 nitrogen and oxygen atoms in total. The van der Waals surface area contributed by atoms with E-state index >= 15 is 0 Å². The molecule has 1 aliphatic rings. The van der Waals surface area contributed by atoms with Crippen molar-refractivity contribution in [3.8, 4) is 5.75 Å². The van der Waals surface area contributed by atoms with Crippen LogP contribution in [-0.4, -0.2) is 11.8 Å². The van der Waals surface area contributed by atoms with Crippen LogP contribution in [-0.2, 0) is 11.4 Å². The van der Waals surface area contributed by atoms with E-state index in [9.17, 15) is 9.59 Å². The number of rotatable bonds is 5. The van der Waals surface area contributed by atoms with Crippen molar-refractivity contribution in [2.75, 3.05) is 0 Å². The molecule has 0 saturated carbocycles. The second-order valence-electron chi connectivity index (χ2n) is 6.34. The van der Waals surface area contributed by atoms with Crippen molar-refractivity contribution < 1.29 is 14.3 Å². The Hall–Kier alpha value is -2.79. The van der Waals surface area contributed by atoms with Crippen LogP contribution in [0.15, 0.2) is 60.7 Å². The number of hydrazine groups is 1. The Balaban J connectivity index is 1.58. The molecule has 0 bridgehead atoms. The van der Waals surface area contributed by atoms with Crippen molar-refractivity contribution in [3.05, 3.63) is 76.8 Å². The lowest BCUT2D eigenvalue weighted by Crippen LogP contribution is -2.44. The molecule has 0 fully saturated rings. The Morgan fingerprint density at radius 1 is 1.04 bits per heavy atom. The zero-order valence-corrected chi connectivity index (χ0v) is 15.5. The monoisotopic (exact) mass is 384 g/mol. The van der Waals surface area contributed by atoms with E-state index in [1.54, 1.807) is 36.4 Å². The molecule has 2 aromatic rings. The van der Waals surface area contributed by atoms with Crippen molar-refractivity contribution >= 4 is 23.4 Å². The zero-order valence-electron chi connectivity index (χ0n) is 14.8. The fourth-order valence-corrected chi connectivity index (χ4v) is 2.97. The maximum absolute atomic E-state index is 12.5. The highest BCUT2D eigenvalue weighted by molar-refractivity contribution is 6.30. The molecule has 0 heterocycles. The highest BCUT2D eigenvalue weighted by Gasteiger charge is 2.20. The molecule has 0 saturated heterocycles. The fourth-order valence-electron chi connectivity index (χ4n) is 2.84. The van der Waals surface area contributed by atoms with Crippen molar-refractivity contribution in [2.45, 2.75) is 25.9 Å². The van der Waals surface area contributed by atoms with Gasteiger partial charge < -0.3 is 4.74 Å². The van der Waals surface area contributed by atoms with Gasteiger partial charge in [0.05, 0.1) is 5.56 Å². The van der Waals surface area contributed by atoms with Gasteiger partial charge in [-0.3, -0.25) is 20.4 Å². The number of benzene rings is 2. The van der Waals surface area contributed by atoms with Gasteiger partial charge in [0.25, 0.3) is 5.91 Å². The number of halogens is 1. The summed E-state index contributed by atoms with van der Waals surface area (Å²) in [5.41, 5.74) is 6.29. The topological polar surface area (TPSA) is 67.4 Å². The normalized spacial score (nSPS) is 15.8. The Bertz CT molecular complexity index is 834. The van der Waals surface area contributed by atoms with Crippen molar-refractivity contribution in [1.29, 1.82) is 0 Å². The third kappa shape index (κ3) is 5.34. The summed E-state index contributed by atoms with van der Waals surface area (Å²) >= 11 is 5.88. The minimum absolute atomic E-state index is 0.105. The van der Waals surface area contributed by atoms with Gasteiger partial charge in [-0.2, -0.15) is 0 Å². The number of hydrogen-bond donors (Lipinski definition) is 2. The summed E-state index contributed by atoms with van der Waals surface area (Å²) in [5.74, 6) is -0.250. The van der Waals surface area contributed by atoms with E-state index in [0.717, 1.165) is 18.4 Å². The van der Waals surface area contributed by atoms with Crippen LogP contribution >= 0.6 is 11.6 Å². The number of para-hydroxylation sites is 1. The number of hydrogen-bond acceptors (Lipinski definition) is 3. The largest absolute Gasteiger partial charge is 0.488 e. The maximum Gasteiger partial charge on any atom is 0.273 e. The van der Waals surface area contributed by atoms with E-state index in [-0.39, 0.29) is 11.8 Å². The first-order valence-corrected chi connectivity index (χ1v) is 9.23. The second-order valence-corrected chi connectivity index (χ2v) is 6.77. The lowest BCUT2D eigenvalue weighted by atomic mass is 9.94. The molecule has 2 aromatic carbocycles. The Kier molecular flexibility index (Phi) is 6.49. The molecule has 27 heavy (non-hydrogen) atoms. The van der Waals surface area contributed by atoms with Crippen molar-refractivity contribution in [3.63, 3.8) is 0 Å². The van der Waals surface area contributed by atoms with Crippen LogP contribution in [0.25, 0.3) is 0 Å². The number of nitrogens with one attached hydrogen (secondary N) is 2. The third-order valence-corrected chi connectivity index (χ3v) is 4.63. The SMILES string of the molecule is O=C(NNC(=O)C1CC=CCC1)c1ccccc1OCc1ccc(Cl)cc1. The lowest BCUT2D eigenvalue weighted by Gasteiger charge is -2.18. The number of allylic oxidation sites excluding steroid dienone is 2. The van der Waals surface area contributed by atoms with Crippen LogP contribution in [0.4, 0.5) is 0 Å². The number of amides is 2. The van der Waals surface area contributed by atoms with Gasteiger partial charge in [0, 0.05) is 10.9 Å². The predicted molar refractivity (Wildman–Crippen MR) is 104 cm³/mol. The molecule has 1 aliphatic carbocycles. The molecule has 6 heteroatoms. The van der Waals surface area contributed by atoms with Gasteiger partial charge in [-0.15, -0.1) is 0 Å². The smallest absolute Gasteiger partial charge is 0.273 e. The van der Waals surface area contributed by atoms with E-state index in [1.807, 2.05) is 18.2 Å². The predicted octanol–water partition coefficient (Wildman–Crippen LogP) is 4.04. The quantitative estimate of drug-likeness (QED) is 0.604. The Morgan fingerprint density at radius 3 is 2.56 bits per heavy atom. The molecule has 2 amide bonds. The molecule has 0 radical (unpaired) electrons. The number of ether oxygens (including phenoxy) is 1. The van der Waals surface area contributed by atoms with Crippen molar-refractivity contribution in [2.24, 2.45) is 5.92 Å².